The second-order valence-electron chi connectivity index (χ2n) is 10.6. The molecule has 0 amide bonds. The third-order valence-corrected chi connectivity index (χ3v) is 15.4. The zero-order chi connectivity index (χ0) is 19.9. The van der Waals surface area contributed by atoms with E-state index >= 15 is 0 Å². The number of carbonyl (C=O) groups is 1. The molecule has 0 aromatic heterocycles. The summed E-state index contributed by atoms with van der Waals surface area (Å²) in [7, 11) is -3.28. The van der Waals surface area contributed by atoms with Crippen LogP contribution in [0.5, 0.6) is 0 Å². The molecule has 0 atom stereocenters. The fourth-order valence-corrected chi connectivity index (χ4v) is 4.39. The fraction of sp³-hybridized carbons (Fsp3) is 0.950. The van der Waals surface area contributed by atoms with Crippen LogP contribution in [0.1, 0.15) is 80.1 Å². The molecule has 0 aliphatic rings. The van der Waals surface area contributed by atoms with Gasteiger partial charge in [-0.05, 0) is 42.6 Å². The maximum atomic E-state index is 12.1. The summed E-state index contributed by atoms with van der Waals surface area (Å²) in [5, 5.41) is 0.497. The van der Waals surface area contributed by atoms with Gasteiger partial charge < -0.3 is 9.41 Å². The van der Waals surface area contributed by atoms with Crippen LogP contribution in [0.25, 0.3) is 0 Å². The van der Waals surface area contributed by atoms with E-state index in [0.717, 1.165) is 19.4 Å². The van der Waals surface area contributed by atoms with Crippen molar-refractivity contribution >= 4 is 22.5 Å². The van der Waals surface area contributed by atoms with Gasteiger partial charge in [0, 0.05) is 6.42 Å². The molecule has 3 nitrogen and oxygen atoms in total. The highest BCUT2D eigenvalue weighted by Crippen LogP contribution is 2.37. The van der Waals surface area contributed by atoms with Gasteiger partial charge in [-0.2, -0.15) is 0 Å². The van der Waals surface area contributed by atoms with Crippen molar-refractivity contribution in [1.82, 2.24) is 4.98 Å². The number of hydrogen-bond acceptors (Lipinski definition) is 3. The van der Waals surface area contributed by atoms with Crippen LogP contribution in [-0.4, -0.2) is 29.1 Å². The molecule has 0 aliphatic carbocycles. The number of nitrogens with one attached hydrogen (secondary N) is 1. The molecule has 0 saturated heterocycles. The first-order valence-electron chi connectivity index (χ1n) is 10.1. The van der Waals surface area contributed by atoms with E-state index in [1.807, 2.05) is 0 Å². The van der Waals surface area contributed by atoms with Crippen LogP contribution in [0.2, 0.25) is 36.3 Å². The summed E-state index contributed by atoms with van der Waals surface area (Å²) >= 11 is 0. The highest BCUT2D eigenvalue weighted by Gasteiger charge is 2.40. The minimum atomic E-state index is -1.94. The molecule has 0 spiro atoms. The van der Waals surface area contributed by atoms with Crippen molar-refractivity contribution in [2.75, 3.05) is 6.54 Å². The Balaban J connectivity index is 3.80. The molecule has 0 rings (SSSR count). The van der Waals surface area contributed by atoms with Crippen molar-refractivity contribution in [1.29, 1.82) is 0 Å². The average molecular weight is 388 g/mol. The smallest absolute Gasteiger partial charge is 0.292 e. The topological polar surface area (TPSA) is 38.3 Å². The first kappa shape index (κ1) is 24.9. The van der Waals surface area contributed by atoms with E-state index in [2.05, 4.69) is 72.7 Å². The summed E-state index contributed by atoms with van der Waals surface area (Å²) in [5.41, 5.74) is 0. The Hall–Kier alpha value is -0.136. The average Bonchev–Trinajstić information content (AvgIpc) is 2.38. The van der Waals surface area contributed by atoms with Crippen LogP contribution in [0.3, 0.4) is 0 Å². The Morgan fingerprint density at radius 1 is 0.800 bits per heavy atom. The molecule has 0 aromatic rings. The highest BCUT2D eigenvalue weighted by molar-refractivity contribution is 6.77. The Kier molecular flexibility index (Phi) is 9.65. The zero-order valence-electron chi connectivity index (χ0n) is 18.8. The minimum Gasteiger partial charge on any atom is -0.519 e. The van der Waals surface area contributed by atoms with Crippen molar-refractivity contribution in [3.63, 3.8) is 0 Å². The molecular weight excluding hydrogens is 342 g/mol. The first-order valence-corrected chi connectivity index (χ1v) is 16.0. The van der Waals surface area contributed by atoms with Gasteiger partial charge in [0.1, 0.15) is 8.24 Å². The second-order valence-corrected chi connectivity index (χ2v) is 20.4. The van der Waals surface area contributed by atoms with Crippen molar-refractivity contribution in [2.45, 2.75) is 116 Å². The molecule has 0 aliphatic heterocycles. The van der Waals surface area contributed by atoms with Gasteiger partial charge in [-0.1, -0.05) is 73.9 Å². The van der Waals surface area contributed by atoms with Gasteiger partial charge in [0.15, 0.2) is 0 Å². The van der Waals surface area contributed by atoms with E-state index in [0.29, 0.717) is 11.5 Å². The van der Waals surface area contributed by atoms with E-state index in [1.54, 1.807) is 0 Å². The van der Waals surface area contributed by atoms with Crippen LogP contribution in [0.4, 0.5) is 0 Å². The highest BCUT2D eigenvalue weighted by atomic mass is 28.4. The van der Waals surface area contributed by atoms with Crippen molar-refractivity contribution in [3.05, 3.63) is 0 Å². The maximum absolute atomic E-state index is 12.1. The lowest BCUT2D eigenvalue weighted by atomic mass is 10.1. The number of unbranched alkanes of at least 4 members (excludes halogenated alkanes) is 4. The second kappa shape index (κ2) is 9.70. The van der Waals surface area contributed by atoms with Crippen LogP contribution in [0, 0.1) is 0 Å². The third-order valence-electron chi connectivity index (χ3n) is 6.17. The van der Waals surface area contributed by atoms with Gasteiger partial charge in [0.25, 0.3) is 14.3 Å². The molecule has 150 valence electrons. The van der Waals surface area contributed by atoms with Crippen molar-refractivity contribution in [3.8, 4) is 0 Å². The zero-order valence-corrected chi connectivity index (χ0v) is 20.8. The molecule has 0 unspecified atom stereocenters. The monoisotopic (exact) mass is 387 g/mol. The standard InChI is InChI=1S/C20H45NO2Si2/c1-19(2,3)24(7,8)21-17-15-13-11-12-14-16-18(22)23-25(9,10)20(4,5)6/h21H,11-17H2,1-10H3. The molecule has 0 bridgehead atoms. The van der Waals surface area contributed by atoms with Crippen LogP contribution in [0.15, 0.2) is 0 Å². The summed E-state index contributed by atoms with van der Waals surface area (Å²) in [6, 6.07) is 0. The molecule has 25 heavy (non-hydrogen) atoms. The fourth-order valence-electron chi connectivity index (χ4n) is 2.08. The Labute approximate surface area is 159 Å². The van der Waals surface area contributed by atoms with Crippen molar-refractivity contribution < 1.29 is 9.22 Å². The van der Waals surface area contributed by atoms with Gasteiger partial charge in [-0.15, -0.1) is 0 Å². The van der Waals surface area contributed by atoms with Gasteiger partial charge in [0.2, 0.25) is 0 Å². The van der Waals surface area contributed by atoms with Gasteiger partial charge in [-0.25, -0.2) is 0 Å². The molecule has 0 saturated carbocycles. The van der Waals surface area contributed by atoms with Crippen molar-refractivity contribution in [2.24, 2.45) is 0 Å². The van der Waals surface area contributed by atoms with Gasteiger partial charge in [-0.3, -0.25) is 4.79 Å². The normalized spacial score (nSPS) is 13.8. The van der Waals surface area contributed by atoms with Crippen LogP contribution >= 0.6 is 0 Å². The van der Waals surface area contributed by atoms with Gasteiger partial charge in [0.05, 0.1) is 0 Å². The Bertz CT molecular complexity index is 407. The van der Waals surface area contributed by atoms with E-state index in [1.165, 1.54) is 19.3 Å². The number of rotatable bonds is 10. The minimum absolute atomic E-state index is 0.00573. The summed E-state index contributed by atoms with van der Waals surface area (Å²) in [4.78, 5) is 15.9. The maximum Gasteiger partial charge on any atom is 0.292 e. The summed E-state index contributed by atoms with van der Waals surface area (Å²) < 4.78 is 5.81. The van der Waals surface area contributed by atoms with Crippen LogP contribution < -0.4 is 4.98 Å². The molecule has 0 heterocycles. The Morgan fingerprint density at radius 2 is 1.28 bits per heavy atom. The summed E-state index contributed by atoms with van der Waals surface area (Å²) in [6.45, 7) is 23.8. The van der Waals surface area contributed by atoms with Crippen LogP contribution in [-0.2, 0) is 9.22 Å². The largest absolute Gasteiger partial charge is 0.519 e. The lowest BCUT2D eigenvalue weighted by molar-refractivity contribution is -0.135. The lowest BCUT2D eigenvalue weighted by Gasteiger charge is -2.37. The lowest BCUT2D eigenvalue weighted by Crippen LogP contribution is -2.52. The SMILES string of the molecule is CC(C)(C)[Si](C)(C)NCCCCCCCC(=O)O[Si](C)(C)C(C)(C)C. The molecule has 0 radical (unpaired) electrons. The number of hydrogen-bond donors (Lipinski definition) is 1. The Morgan fingerprint density at radius 3 is 1.76 bits per heavy atom. The molecule has 5 heteroatoms. The summed E-state index contributed by atoms with van der Waals surface area (Å²) in [6.07, 6.45) is 6.37. The van der Waals surface area contributed by atoms with E-state index < -0.39 is 16.6 Å². The molecule has 1 N–H and O–H groups in total. The predicted octanol–water partition coefficient (Wildman–Crippen LogP) is 6.47. The quantitative estimate of drug-likeness (QED) is 0.345. The third kappa shape index (κ3) is 9.39. The molecular formula is C20H45NO2Si2. The van der Waals surface area contributed by atoms with Gasteiger partial charge >= 0.3 is 0 Å². The van der Waals surface area contributed by atoms with E-state index in [9.17, 15) is 4.79 Å². The van der Waals surface area contributed by atoms with E-state index in [-0.39, 0.29) is 11.0 Å². The number of carbonyl (C=O) groups excluding carboxylic acids is 1. The molecule has 0 fully saturated rings. The summed E-state index contributed by atoms with van der Waals surface area (Å²) in [5.74, 6) is 0.00573. The molecule has 0 aromatic carbocycles. The first-order chi connectivity index (χ1) is 11.1. The van der Waals surface area contributed by atoms with E-state index in [4.69, 9.17) is 4.43 Å². The predicted molar refractivity (Wildman–Crippen MR) is 116 cm³/mol.